The highest BCUT2D eigenvalue weighted by Gasteiger charge is 2.24. The minimum atomic E-state index is 0.724. The van der Waals surface area contributed by atoms with Gasteiger partial charge in [0.1, 0.15) is 0 Å². The highest BCUT2D eigenvalue weighted by Crippen LogP contribution is 2.39. The Morgan fingerprint density at radius 1 is 0.880 bits per heavy atom. The van der Waals surface area contributed by atoms with Gasteiger partial charge in [0.05, 0.1) is 6.61 Å². The summed E-state index contributed by atoms with van der Waals surface area (Å²) in [6.45, 7) is 4.69. The summed E-state index contributed by atoms with van der Waals surface area (Å²) in [5.74, 6) is 3.58. The summed E-state index contributed by atoms with van der Waals surface area (Å²) in [7, 11) is 1.76. The molecular formula is C24H36O. The predicted molar refractivity (Wildman–Crippen MR) is 107 cm³/mol. The molecule has 25 heavy (non-hydrogen) atoms. The molecule has 0 aliphatic heterocycles. The van der Waals surface area contributed by atoms with Gasteiger partial charge in [0.2, 0.25) is 0 Å². The van der Waals surface area contributed by atoms with E-state index in [1.165, 1.54) is 69.8 Å². The van der Waals surface area contributed by atoms with E-state index in [1.54, 1.807) is 12.7 Å². The molecule has 0 bridgehead atoms. The second-order valence-electron chi connectivity index (χ2n) is 8.49. The molecule has 2 fully saturated rings. The van der Waals surface area contributed by atoms with Crippen LogP contribution < -0.4 is 0 Å². The number of hydrogen-bond acceptors (Lipinski definition) is 1. The molecule has 2 saturated carbocycles. The van der Waals surface area contributed by atoms with Crippen LogP contribution in [0.1, 0.15) is 81.3 Å². The van der Waals surface area contributed by atoms with Crippen molar-refractivity contribution in [1.82, 2.24) is 0 Å². The number of allylic oxidation sites excluding steroid dienone is 1. The fraction of sp³-hybridized carbons (Fsp3) is 0.667. The number of methoxy groups -OCH3 is 1. The predicted octanol–water partition coefficient (Wildman–Crippen LogP) is 6.88. The number of hydrogen-bond donors (Lipinski definition) is 0. The normalized spacial score (nSPS) is 30.1. The molecule has 0 amide bonds. The molecule has 0 saturated heterocycles. The van der Waals surface area contributed by atoms with Gasteiger partial charge in [0.15, 0.2) is 0 Å². The molecular weight excluding hydrogens is 304 g/mol. The van der Waals surface area contributed by atoms with Crippen LogP contribution in [0.15, 0.2) is 36.9 Å². The molecule has 138 valence electrons. The minimum absolute atomic E-state index is 0.724. The van der Waals surface area contributed by atoms with Gasteiger partial charge in [-0.25, -0.2) is 0 Å². The van der Waals surface area contributed by atoms with Crippen molar-refractivity contribution in [1.29, 1.82) is 0 Å². The van der Waals surface area contributed by atoms with Gasteiger partial charge in [0, 0.05) is 7.11 Å². The van der Waals surface area contributed by atoms with E-state index in [2.05, 4.69) is 36.9 Å². The van der Waals surface area contributed by atoms with E-state index in [1.807, 2.05) is 0 Å². The molecule has 1 nitrogen and oxygen atoms in total. The SMILES string of the molecule is C=C[C@H]1CC[C@H](CCC2CCC(c3ccc(COC)cc3)CC2)CC1. The minimum Gasteiger partial charge on any atom is -0.380 e. The monoisotopic (exact) mass is 340 g/mol. The molecule has 2 aliphatic rings. The molecule has 0 heterocycles. The van der Waals surface area contributed by atoms with Gasteiger partial charge < -0.3 is 4.74 Å². The van der Waals surface area contributed by atoms with Crippen molar-refractivity contribution in [2.45, 2.75) is 76.7 Å². The summed E-state index contributed by atoms with van der Waals surface area (Å²) in [5.41, 5.74) is 2.83. The lowest BCUT2D eigenvalue weighted by Gasteiger charge is -2.31. The lowest BCUT2D eigenvalue weighted by atomic mass is 9.74. The molecule has 0 atom stereocenters. The van der Waals surface area contributed by atoms with Crippen molar-refractivity contribution in [3.8, 4) is 0 Å². The molecule has 1 aromatic rings. The maximum atomic E-state index is 5.21. The first-order valence-corrected chi connectivity index (χ1v) is 10.5. The Morgan fingerprint density at radius 2 is 1.44 bits per heavy atom. The first kappa shape index (κ1) is 18.7. The van der Waals surface area contributed by atoms with E-state index < -0.39 is 0 Å². The average Bonchev–Trinajstić information content (AvgIpc) is 2.68. The summed E-state index contributed by atoms with van der Waals surface area (Å²) in [4.78, 5) is 0. The van der Waals surface area contributed by atoms with Gasteiger partial charge in [-0.1, -0.05) is 43.2 Å². The first-order valence-electron chi connectivity index (χ1n) is 10.5. The lowest BCUT2D eigenvalue weighted by molar-refractivity contribution is 0.185. The summed E-state index contributed by atoms with van der Waals surface area (Å²) in [6, 6.07) is 9.14. The molecule has 0 unspecified atom stereocenters. The summed E-state index contributed by atoms with van der Waals surface area (Å²) >= 11 is 0. The second-order valence-corrected chi connectivity index (χ2v) is 8.49. The van der Waals surface area contributed by atoms with Gasteiger partial charge in [0.25, 0.3) is 0 Å². The van der Waals surface area contributed by atoms with Crippen molar-refractivity contribution < 1.29 is 4.74 Å². The van der Waals surface area contributed by atoms with Crippen molar-refractivity contribution >= 4 is 0 Å². The summed E-state index contributed by atoms with van der Waals surface area (Å²) in [5, 5.41) is 0. The first-order chi connectivity index (χ1) is 12.3. The highest BCUT2D eigenvalue weighted by molar-refractivity contribution is 5.25. The largest absolute Gasteiger partial charge is 0.380 e. The second kappa shape index (κ2) is 9.57. The van der Waals surface area contributed by atoms with Crippen molar-refractivity contribution in [2.24, 2.45) is 17.8 Å². The van der Waals surface area contributed by atoms with Gasteiger partial charge in [-0.3, -0.25) is 0 Å². The van der Waals surface area contributed by atoms with Crippen LogP contribution in [0.3, 0.4) is 0 Å². The smallest absolute Gasteiger partial charge is 0.0713 e. The molecule has 3 rings (SSSR count). The zero-order chi connectivity index (χ0) is 17.5. The van der Waals surface area contributed by atoms with Crippen LogP contribution in [0.25, 0.3) is 0 Å². The molecule has 1 heteroatoms. The Balaban J connectivity index is 1.38. The lowest BCUT2D eigenvalue weighted by Crippen LogP contribution is -2.17. The topological polar surface area (TPSA) is 9.23 Å². The van der Waals surface area contributed by atoms with Crippen LogP contribution in [0.2, 0.25) is 0 Å². The Hall–Kier alpha value is -1.08. The van der Waals surface area contributed by atoms with E-state index in [-0.39, 0.29) is 0 Å². The third-order valence-corrected chi connectivity index (χ3v) is 6.82. The average molecular weight is 341 g/mol. The molecule has 0 spiro atoms. The Kier molecular flexibility index (Phi) is 7.16. The van der Waals surface area contributed by atoms with Crippen LogP contribution in [-0.4, -0.2) is 7.11 Å². The molecule has 0 radical (unpaired) electrons. The molecule has 0 N–H and O–H groups in total. The van der Waals surface area contributed by atoms with Crippen molar-refractivity contribution in [2.75, 3.05) is 7.11 Å². The van der Waals surface area contributed by atoms with Crippen LogP contribution in [0.5, 0.6) is 0 Å². The fourth-order valence-corrected chi connectivity index (χ4v) is 5.02. The zero-order valence-electron chi connectivity index (χ0n) is 16.1. The molecule has 1 aromatic carbocycles. The Labute approximate surface area is 154 Å². The molecule has 2 aliphatic carbocycles. The summed E-state index contributed by atoms with van der Waals surface area (Å²) in [6.07, 6.45) is 16.4. The Bertz CT molecular complexity index is 501. The van der Waals surface area contributed by atoms with E-state index in [0.717, 1.165) is 30.3 Å². The number of rotatable bonds is 7. The van der Waals surface area contributed by atoms with Crippen LogP contribution in [-0.2, 0) is 11.3 Å². The highest BCUT2D eigenvalue weighted by atomic mass is 16.5. The van der Waals surface area contributed by atoms with E-state index in [0.29, 0.717) is 0 Å². The zero-order valence-corrected chi connectivity index (χ0v) is 16.1. The number of ether oxygens (including phenoxy) is 1. The number of benzene rings is 1. The van der Waals surface area contributed by atoms with Crippen molar-refractivity contribution in [3.63, 3.8) is 0 Å². The van der Waals surface area contributed by atoms with Crippen LogP contribution in [0, 0.1) is 17.8 Å². The van der Waals surface area contributed by atoms with Crippen LogP contribution >= 0.6 is 0 Å². The van der Waals surface area contributed by atoms with E-state index in [9.17, 15) is 0 Å². The van der Waals surface area contributed by atoms with E-state index >= 15 is 0 Å². The van der Waals surface area contributed by atoms with Gasteiger partial charge in [-0.2, -0.15) is 0 Å². The maximum absolute atomic E-state index is 5.21. The van der Waals surface area contributed by atoms with Gasteiger partial charge in [-0.15, -0.1) is 6.58 Å². The van der Waals surface area contributed by atoms with Gasteiger partial charge >= 0.3 is 0 Å². The molecule has 0 aromatic heterocycles. The fourth-order valence-electron chi connectivity index (χ4n) is 5.02. The standard InChI is InChI=1S/C24H36O/c1-3-19-4-6-20(7-5-19)8-9-21-10-14-23(15-11-21)24-16-12-22(13-17-24)18-25-2/h3,12-13,16-17,19-21,23H,1,4-11,14-15,18H2,2H3/t19-,20-,21?,23?. The maximum Gasteiger partial charge on any atom is 0.0713 e. The van der Waals surface area contributed by atoms with E-state index in [4.69, 9.17) is 4.74 Å². The third kappa shape index (κ3) is 5.45. The Morgan fingerprint density at radius 3 is 1.96 bits per heavy atom. The van der Waals surface area contributed by atoms with Gasteiger partial charge in [-0.05, 0) is 86.2 Å². The van der Waals surface area contributed by atoms with Crippen LogP contribution in [0.4, 0.5) is 0 Å². The third-order valence-electron chi connectivity index (χ3n) is 6.82. The summed E-state index contributed by atoms with van der Waals surface area (Å²) < 4.78 is 5.21. The quantitative estimate of drug-likeness (QED) is 0.492. The van der Waals surface area contributed by atoms with Crippen molar-refractivity contribution in [3.05, 3.63) is 48.0 Å².